The molecule has 0 atom stereocenters. The number of benzene rings is 1. The number of hydrogen-bond acceptors (Lipinski definition) is 5. The van der Waals surface area contributed by atoms with Crippen molar-refractivity contribution in [1.82, 2.24) is 4.90 Å². The molecule has 2 amide bonds. The summed E-state index contributed by atoms with van der Waals surface area (Å²) in [7, 11) is 0. The molecular formula is C17H19N3O4. The highest BCUT2D eigenvalue weighted by Crippen LogP contribution is 2.15. The van der Waals surface area contributed by atoms with Crippen molar-refractivity contribution in [2.75, 3.05) is 43.5 Å². The lowest BCUT2D eigenvalue weighted by molar-refractivity contribution is -0.118. The summed E-state index contributed by atoms with van der Waals surface area (Å²) in [5.74, 6) is -0.133. The van der Waals surface area contributed by atoms with E-state index in [-0.39, 0.29) is 17.6 Å². The second-order valence-electron chi connectivity index (χ2n) is 5.45. The van der Waals surface area contributed by atoms with Gasteiger partial charge in [0, 0.05) is 24.5 Å². The van der Waals surface area contributed by atoms with Crippen LogP contribution in [0.4, 0.5) is 11.4 Å². The van der Waals surface area contributed by atoms with Gasteiger partial charge in [-0.2, -0.15) is 0 Å². The third-order valence-corrected chi connectivity index (χ3v) is 3.64. The quantitative estimate of drug-likeness (QED) is 0.874. The summed E-state index contributed by atoms with van der Waals surface area (Å²) in [4.78, 5) is 25.9. The molecule has 0 unspecified atom stereocenters. The fourth-order valence-corrected chi connectivity index (χ4v) is 2.40. The lowest BCUT2D eigenvalue weighted by Gasteiger charge is -2.25. The maximum absolute atomic E-state index is 12.0. The van der Waals surface area contributed by atoms with Gasteiger partial charge in [0.15, 0.2) is 5.76 Å². The maximum Gasteiger partial charge on any atom is 0.291 e. The third-order valence-electron chi connectivity index (χ3n) is 3.64. The molecule has 0 aliphatic carbocycles. The fourth-order valence-electron chi connectivity index (χ4n) is 2.40. The molecule has 24 heavy (non-hydrogen) atoms. The van der Waals surface area contributed by atoms with Crippen LogP contribution < -0.4 is 10.6 Å². The van der Waals surface area contributed by atoms with Crippen LogP contribution in [0.2, 0.25) is 0 Å². The van der Waals surface area contributed by atoms with Gasteiger partial charge in [-0.25, -0.2) is 0 Å². The number of ether oxygens (including phenoxy) is 1. The number of carbonyl (C=O) groups excluding carboxylic acids is 2. The van der Waals surface area contributed by atoms with Crippen LogP contribution in [-0.4, -0.2) is 49.6 Å². The predicted molar refractivity (Wildman–Crippen MR) is 89.0 cm³/mol. The summed E-state index contributed by atoms with van der Waals surface area (Å²) in [5.41, 5.74) is 1.31. The van der Waals surface area contributed by atoms with E-state index in [1.165, 1.54) is 6.26 Å². The lowest BCUT2D eigenvalue weighted by atomic mass is 10.2. The van der Waals surface area contributed by atoms with Gasteiger partial charge < -0.3 is 19.8 Å². The number of furan rings is 1. The van der Waals surface area contributed by atoms with Gasteiger partial charge >= 0.3 is 0 Å². The molecule has 1 aliphatic heterocycles. The number of hydrogen-bond donors (Lipinski definition) is 2. The highest BCUT2D eigenvalue weighted by atomic mass is 16.5. The predicted octanol–water partition coefficient (Wildman–Crippen LogP) is 1.80. The Morgan fingerprint density at radius 1 is 1.00 bits per heavy atom. The first-order valence-corrected chi connectivity index (χ1v) is 7.75. The SMILES string of the molecule is O=C(CN1CCOCC1)Nc1ccc(NC(=O)c2ccco2)cc1. The van der Waals surface area contributed by atoms with Crippen molar-refractivity contribution in [3.8, 4) is 0 Å². The van der Waals surface area contributed by atoms with E-state index in [1.807, 2.05) is 0 Å². The van der Waals surface area contributed by atoms with Crippen molar-refractivity contribution in [3.63, 3.8) is 0 Å². The van der Waals surface area contributed by atoms with Crippen LogP contribution in [0.15, 0.2) is 47.1 Å². The normalized spacial score (nSPS) is 15.0. The molecule has 7 nitrogen and oxygen atoms in total. The van der Waals surface area contributed by atoms with E-state index in [9.17, 15) is 9.59 Å². The summed E-state index contributed by atoms with van der Waals surface area (Å²) >= 11 is 0. The minimum Gasteiger partial charge on any atom is -0.459 e. The Labute approximate surface area is 139 Å². The van der Waals surface area contributed by atoms with Gasteiger partial charge in [0.05, 0.1) is 26.0 Å². The molecule has 2 aromatic rings. The second-order valence-corrected chi connectivity index (χ2v) is 5.45. The largest absolute Gasteiger partial charge is 0.459 e. The second kappa shape index (κ2) is 7.76. The number of amides is 2. The molecule has 0 saturated carbocycles. The molecule has 0 radical (unpaired) electrons. The number of morpholine rings is 1. The Balaban J connectivity index is 1.50. The van der Waals surface area contributed by atoms with Crippen LogP contribution in [0.25, 0.3) is 0 Å². The highest BCUT2D eigenvalue weighted by molar-refractivity contribution is 6.02. The molecule has 0 bridgehead atoms. The van der Waals surface area contributed by atoms with Crippen LogP contribution in [0, 0.1) is 0 Å². The van der Waals surface area contributed by atoms with Gasteiger partial charge in [-0.15, -0.1) is 0 Å². The van der Waals surface area contributed by atoms with Crippen LogP contribution in [0.5, 0.6) is 0 Å². The van der Waals surface area contributed by atoms with Crippen LogP contribution >= 0.6 is 0 Å². The average molecular weight is 329 g/mol. The van der Waals surface area contributed by atoms with E-state index in [1.54, 1.807) is 36.4 Å². The Bertz CT molecular complexity index is 676. The Hall–Kier alpha value is -2.64. The van der Waals surface area contributed by atoms with Crippen molar-refractivity contribution in [2.45, 2.75) is 0 Å². The van der Waals surface area contributed by atoms with E-state index >= 15 is 0 Å². The van der Waals surface area contributed by atoms with E-state index < -0.39 is 0 Å². The molecule has 126 valence electrons. The van der Waals surface area contributed by atoms with Crippen LogP contribution in [0.3, 0.4) is 0 Å². The molecule has 0 spiro atoms. The summed E-state index contributed by atoms with van der Waals surface area (Å²) in [6.45, 7) is 3.21. The molecule has 7 heteroatoms. The van der Waals surface area contributed by atoms with Crippen molar-refractivity contribution < 1.29 is 18.7 Å². The van der Waals surface area contributed by atoms with E-state index in [0.29, 0.717) is 31.1 Å². The maximum atomic E-state index is 12.0. The first-order valence-electron chi connectivity index (χ1n) is 7.75. The monoisotopic (exact) mass is 329 g/mol. The highest BCUT2D eigenvalue weighted by Gasteiger charge is 2.14. The molecule has 2 N–H and O–H groups in total. The van der Waals surface area contributed by atoms with Gasteiger partial charge in [-0.05, 0) is 36.4 Å². The summed E-state index contributed by atoms with van der Waals surface area (Å²) in [6, 6.07) is 10.2. The van der Waals surface area contributed by atoms with Crippen molar-refractivity contribution in [2.24, 2.45) is 0 Å². The van der Waals surface area contributed by atoms with Crippen LogP contribution in [-0.2, 0) is 9.53 Å². The van der Waals surface area contributed by atoms with Crippen molar-refractivity contribution in [3.05, 3.63) is 48.4 Å². The lowest BCUT2D eigenvalue weighted by Crippen LogP contribution is -2.41. The number of anilines is 2. The molecule has 1 aromatic carbocycles. The van der Waals surface area contributed by atoms with E-state index in [0.717, 1.165) is 13.1 Å². The van der Waals surface area contributed by atoms with Crippen LogP contribution in [0.1, 0.15) is 10.6 Å². The van der Waals surface area contributed by atoms with E-state index in [4.69, 9.17) is 9.15 Å². The molecule has 1 saturated heterocycles. The van der Waals surface area contributed by atoms with Gasteiger partial charge in [-0.3, -0.25) is 14.5 Å². The number of nitrogens with one attached hydrogen (secondary N) is 2. The number of nitrogens with zero attached hydrogens (tertiary/aromatic N) is 1. The standard InChI is InChI=1S/C17H19N3O4/c21-16(12-20-7-10-23-11-8-20)18-13-3-5-14(6-4-13)19-17(22)15-2-1-9-24-15/h1-6,9H,7-8,10-12H2,(H,18,21)(H,19,22). The number of carbonyl (C=O) groups is 2. The zero-order valence-corrected chi connectivity index (χ0v) is 13.2. The zero-order chi connectivity index (χ0) is 16.8. The van der Waals surface area contributed by atoms with Gasteiger partial charge in [0.1, 0.15) is 0 Å². The smallest absolute Gasteiger partial charge is 0.291 e. The molecule has 3 rings (SSSR count). The first-order chi connectivity index (χ1) is 11.7. The molecule has 2 heterocycles. The number of rotatable bonds is 5. The third kappa shape index (κ3) is 4.43. The summed E-state index contributed by atoms with van der Waals surface area (Å²) in [5, 5.41) is 5.57. The summed E-state index contributed by atoms with van der Waals surface area (Å²) < 4.78 is 10.3. The Morgan fingerprint density at radius 3 is 2.29 bits per heavy atom. The Morgan fingerprint density at radius 2 is 1.67 bits per heavy atom. The minimum atomic E-state index is -0.316. The van der Waals surface area contributed by atoms with Gasteiger partial charge in [-0.1, -0.05) is 0 Å². The molecular weight excluding hydrogens is 310 g/mol. The fraction of sp³-hybridized carbons (Fsp3) is 0.294. The minimum absolute atomic E-state index is 0.0655. The first kappa shape index (κ1) is 16.2. The average Bonchev–Trinajstić information content (AvgIpc) is 3.12. The van der Waals surface area contributed by atoms with Crippen molar-refractivity contribution in [1.29, 1.82) is 0 Å². The van der Waals surface area contributed by atoms with E-state index in [2.05, 4.69) is 15.5 Å². The topological polar surface area (TPSA) is 83.8 Å². The Kier molecular flexibility index (Phi) is 5.25. The zero-order valence-electron chi connectivity index (χ0n) is 13.2. The van der Waals surface area contributed by atoms with Gasteiger partial charge in [0.25, 0.3) is 5.91 Å². The molecule has 1 aliphatic rings. The molecule has 1 fully saturated rings. The summed E-state index contributed by atoms with van der Waals surface area (Å²) in [6.07, 6.45) is 1.45. The molecule has 1 aromatic heterocycles. The van der Waals surface area contributed by atoms with Crippen molar-refractivity contribution >= 4 is 23.2 Å². The van der Waals surface area contributed by atoms with Gasteiger partial charge in [0.2, 0.25) is 5.91 Å².